The van der Waals surface area contributed by atoms with Crippen molar-refractivity contribution in [2.24, 2.45) is 23.7 Å². The smallest absolute Gasteiger partial charge is 0.189 e. The third-order valence-corrected chi connectivity index (χ3v) is 3.30. The molecule has 0 aliphatic rings. The molecule has 0 atom stereocenters. The molecule has 1 heterocycles. The van der Waals surface area contributed by atoms with E-state index in [4.69, 9.17) is 5.73 Å². The maximum absolute atomic E-state index is 5.85. The van der Waals surface area contributed by atoms with E-state index < -0.39 is 0 Å². The lowest BCUT2D eigenvalue weighted by Gasteiger charge is -2.07. The van der Waals surface area contributed by atoms with E-state index in [1.54, 1.807) is 0 Å². The molecule has 0 radical (unpaired) electrons. The average molecular weight is 273 g/mol. The van der Waals surface area contributed by atoms with E-state index in [1.807, 2.05) is 25.2 Å². The van der Waals surface area contributed by atoms with Gasteiger partial charge in [0.05, 0.1) is 11.0 Å². The number of aliphatic imine (C=N–C) groups is 1. The number of nitrogens with one attached hydrogen (secondary N) is 1. The molecule has 5 nitrogen and oxygen atoms in total. The zero-order valence-corrected chi connectivity index (χ0v) is 12.4. The quantitative estimate of drug-likeness (QED) is 0.647. The summed E-state index contributed by atoms with van der Waals surface area (Å²) in [6, 6.07) is 8.07. The molecule has 2 rings (SSSR count). The van der Waals surface area contributed by atoms with Crippen molar-refractivity contribution in [2.45, 2.75) is 26.8 Å². The molecule has 0 bridgehead atoms. The second-order valence-corrected chi connectivity index (χ2v) is 5.39. The first-order chi connectivity index (χ1) is 9.58. The van der Waals surface area contributed by atoms with Gasteiger partial charge in [0, 0.05) is 13.6 Å². The minimum absolute atomic E-state index is 0.484. The first kappa shape index (κ1) is 14.4. The van der Waals surface area contributed by atoms with Gasteiger partial charge in [0.1, 0.15) is 12.4 Å². The molecule has 2 aromatic rings. The summed E-state index contributed by atoms with van der Waals surface area (Å²) in [5.41, 5.74) is 7.96. The first-order valence-corrected chi connectivity index (χ1v) is 7.02. The fraction of sp³-hybridized carbons (Fsp3) is 0.467. The number of nitrogens with two attached hydrogens (primary N) is 1. The van der Waals surface area contributed by atoms with E-state index in [0.29, 0.717) is 18.4 Å². The van der Waals surface area contributed by atoms with Crippen molar-refractivity contribution in [3.05, 3.63) is 30.1 Å². The number of fused-ring (bicyclic) bond motifs is 1. The molecule has 0 fully saturated rings. The number of aryl methyl sites for hydroxylation is 1. The van der Waals surface area contributed by atoms with Crippen molar-refractivity contribution in [1.29, 1.82) is 0 Å². The highest BCUT2D eigenvalue weighted by atomic mass is 15.1. The van der Waals surface area contributed by atoms with E-state index >= 15 is 0 Å². The van der Waals surface area contributed by atoms with E-state index in [2.05, 4.69) is 39.8 Å². The number of rotatable bonds is 5. The van der Waals surface area contributed by atoms with Crippen LogP contribution in [-0.2, 0) is 13.6 Å². The van der Waals surface area contributed by atoms with Crippen molar-refractivity contribution in [1.82, 2.24) is 14.9 Å². The van der Waals surface area contributed by atoms with Crippen molar-refractivity contribution >= 4 is 17.0 Å². The summed E-state index contributed by atoms with van der Waals surface area (Å²) in [4.78, 5) is 8.91. The number of nitrogens with zero attached hydrogens (tertiary/aromatic N) is 3. The van der Waals surface area contributed by atoms with Gasteiger partial charge in [-0.05, 0) is 24.5 Å². The van der Waals surface area contributed by atoms with E-state index in [9.17, 15) is 0 Å². The summed E-state index contributed by atoms with van der Waals surface area (Å²) in [6.07, 6.45) is 1.09. The third-order valence-electron chi connectivity index (χ3n) is 3.30. The lowest BCUT2D eigenvalue weighted by atomic mass is 10.1. The Kier molecular flexibility index (Phi) is 4.61. The number of para-hydroxylation sites is 2. The highest BCUT2D eigenvalue weighted by Crippen LogP contribution is 2.14. The number of benzene rings is 1. The Labute approximate surface area is 119 Å². The Morgan fingerprint density at radius 1 is 1.40 bits per heavy atom. The first-order valence-electron chi connectivity index (χ1n) is 7.02. The van der Waals surface area contributed by atoms with Crippen molar-refractivity contribution in [3.63, 3.8) is 0 Å². The van der Waals surface area contributed by atoms with Crippen molar-refractivity contribution in [2.75, 3.05) is 6.54 Å². The van der Waals surface area contributed by atoms with Gasteiger partial charge in [-0.3, -0.25) is 0 Å². The normalized spacial score (nSPS) is 12.3. The maximum Gasteiger partial charge on any atom is 0.189 e. The molecule has 0 saturated carbocycles. The van der Waals surface area contributed by atoms with Gasteiger partial charge in [-0.1, -0.05) is 26.0 Å². The van der Waals surface area contributed by atoms with Crippen LogP contribution in [0.4, 0.5) is 0 Å². The highest BCUT2D eigenvalue weighted by molar-refractivity contribution is 5.78. The highest BCUT2D eigenvalue weighted by Gasteiger charge is 2.06. The Hall–Kier alpha value is -2.04. The molecule has 3 N–H and O–H groups in total. The van der Waals surface area contributed by atoms with Crippen LogP contribution in [0.25, 0.3) is 11.0 Å². The maximum atomic E-state index is 5.85. The van der Waals surface area contributed by atoms with E-state index in [-0.39, 0.29) is 0 Å². The Bertz CT molecular complexity index is 597. The van der Waals surface area contributed by atoms with Crippen molar-refractivity contribution in [3.8, 4) is 0 Å². The fourth-order valence-corrected chi connectivity index (χ4v) is 2.04. The molecule has 108 valence electrons. The Balaban J connectivity index is 1.99. The number of hydrogen-bond acceptors (Lipinski definition) is 2. The standard InChI is InChI=1S/C15H23N5/c1-11(2)8-9-17-15(16)18-10-14-19-12-6-4-5-7-13(12)20(14)3/h4-7,11H,8-10H2,1-3H3,(H3,16,17,18). The van der Waals surface area contributed by atoms with Crippen LogP contribution in [0.1, 0.15) is 26.1 Å². The monoisotopic (exact) mass is 273 g/mol. The predicted octanol–water partition coefficient (Wildman–Crippen LogP) is 2.02. The van der Waals surface area contributed by atoms with Gasteiger partial charge in [0.2, 0.25) is 0 Å². The van der Waals surface area contributed by atoms with E-state index in [1.165, 1.54) is 0 Å². The van der Waals surface area contributed by atoms with Crippen LogP contribution in [0.3, 0.4) is 0 Å². The Morgan fingerprint density at radius 3 is 2.85 bits per heavy atom. The predicted molar refractivity (Wildman–Crippen MR) is 83.5 cm³/mol. The van der Waals surface area contributed by atoms with Crippen molar-refractivity contribution < 1.29 is 0 Å². The Morgan fingerprint density at radius 2 is 2.15 bits per heavy atom. The molecule has 5 heteroatoms. The van der Waals surface area contributed by atoms with Crippen LogP contribution in [0.2, 0.25) is 0 Å². The van der Waals surface area contributed by atoms with Gasteiger partial charge in [-0.15, -0.1) is 0 Å². The van der Waals surface area contributed by atoms with Crippen LogP contribution >= 0.6 is 0 Å². The van der Waals surface area contributed by atoms with Gasteiger partial charge in [-0.2, -0.15) is 0 Å². The topological polar surface area (TPSA) is 68.2 Å². The van der Waals surface area contributed by atoms with Gasteiger partial charge in [-0.25, -0.2) is 9.98 Å². The molecule has 0 amide bonds. The van der Waals surface area contributed by atoms with Gasteiger partial charge in [0.25, 0.3) is 0 Å². The molecule has 1 aromatic carbocycles. The van der Waals surface area contributed by atoms with Crippen LogP contribution in [-0.4, -0.2) is 22.1 Å². The van der Waals surface area contributed by atoms with E-state index in [0.717, 1.165) is 29.8 Å². The molecule has 0 spiro atoms. The summed E-state index contributed by atoms with van der Waals surface area (Å²) in [6.45, 7) is 5.73. The van der Waals surface area contributed by atoms with Gasteiger partial charge >= 0.3 is 0 Å². The molecule has 0 unspecified atom stereocenters. The molecule has 0 aliphatic carbocycles. The summed E-state index contributed by atoms with van der Waals surface area (Å²) >= 11 is 0. The summed E-state index contributed by atoms with van der Waals surface area (Å²) in [5, 5.41) is 3.13. The number of aromatic nitrogens is 2. The molecule has 1 aromatic heterocycles. The van der Waals surface area contributed by atoms with Gasteiger partial charge < -0.3 is 15.6 Å². The zero-order chi connectivity index (χ0) is 14.5. The number of hydrogen-bond donors (Lipinski definition) is 2. The second-order valence-electron chi connectivity index (χ2n) is 5.39. The SMILES string of the molecule is CC(C)CCNC(N)=NCc1nc2ccccc2n1C. The molecular formula is C15H23N5. The third kappa shape index (κ3) is 3.50. The van der Waals surface area contributed by atoms with Crippen LogP contribution in [0.5, 0.6) is 0 Å². The molecular weight excluding hydrogens is 250 g/mol. The summed E-state index contributed by atoms with van der Waals surface area (Å²) in [7, 11) is 2.00. The van der Waals surface area contributed by atoms with Crippen LogP contribution < -0.4 is 11.1 Å². The number of imidazole rings is 1. The molecule has 20 heavy (non-hydrogen) atoms. The average Bonchev–Trinajstić information content (AvgIpc) is 2.73. The van der Waals surface area contributed by atoms with Crippen LogP contribution in [0, 0.1) is 5.92 Å². The number of guanidine groups is 1. The fourth-order valence-electron chi connectivity index (χ4n) is 2.04. The lowest BCUT2D eigenvalue weighted by molar-refractivity contribution is 0.576. The van der Waals surface area contributed by atoms with Crippen LogP contribution in [0.15, 0.2) is 29.3 Å². The largest absolute Gasteiger partial charge is 0.370 e. The molecule has 0 aliphatic heterocycles. The zero-order valence-electron chi connectivity index (χ0n) is 12.4. The molecule has 0 saturated heterocycles. The minimum Gasteiger partial charge on any atom is -0.370 e. The lowest BCUT2D eigenvalue weighted by Crippen LogP contribution is -2.33. The minimum atomic E-state index is 0.484. The summed E-state index contributed by atoms with van der Waals surface area (Å²) < 4.78 is 2.06. The second kappa shape index (κ2) is 6.41. The summed E-state index contributed by atoms with van der Waals surface area (Å²) in [5.74, 6) is 2.06. The van der Waals surface area contributed by atoms with Gasteiger partial charge in [0.15, 0.2) is 5.96 Å².